The fraction of sp³-hybridized carbons (Fsp3) is 0.450. The molecule has 7 heteroatoms. The normalized spacial score (nSPS) is 17.0. The summed E-state index contributed by atoms with van der Waals surface area (Å²) in [5, 5.41) is 3.54. The van der Waals surface area contributed by atoms with Crippen molar-refractivity contribution < 1.29 is 14.0 Å². The molecule has 0 saturated carbocycles. The zero-order valence-electron chi connectivity index (χ0n) is 15.6. The van der Waals surface area contributed by atoms with Gasteiger partial charge in [-0.15, -0.1) is 11.3 Å². The molecule has 3 rings (SSSR count). The van der Waals surface area contributed by atoms with Gasteiger partial charge in [-0.2, -0.15) is 0 Å². The Morgan fingerprint density at radius 1 is 1.33 bits per heavy atom. The Morgan fingerprint density at radius 2 is 2.07 bits per heavy atom. The molecule has 1 N–H and O–H groups in total. The van der Waals surface area contributed by atoms with Gasteiger partial charge < -0.3 is 10.2 Å². The van der Waals surface area contributed by atoms with Crippen molar-refractivity contribution in [2.75, 3.05) is 18.4 Å². The van der Waals surface area contributed by atoms with E-state index in [1.807, 2.05) is 13.8 Å². The molecule has 2 aromatic rings. The maximum atomic E-state index is 13.0. The molecule has 1 atom stereocenters. The van der Waals surface area contributed by atoms with E-state index in [2.05, 4.69) is 10.3 Å². The van der Waals surface area contributed by atoms with Crippen molar-refractivity contribution in [1.29, 1.82) is 0 Å². The van der Waals surface area contributed by atoms with Gasteiger partial charge in [0.05, 0.1) is 18.0 Å². The van der Waals surface area contributed by atoms with Gasteiger partial charge in [0.15, 0.2) is 5.13 Å². The molecule has 2 heterocycles. The second-order valence-corrected chi connectivity index (χ2v) is 8.05. The highest BCUT2D eigenvalue weighted by atomic mass is 32.1. The molecule has 0 spiro atoms. The van der Waals surface area contributed by atoms with Crippen LogP contribution in [0.1, 0.15) is 35.9 Å². The maximum absolute atomic E-state index is 13.0. The number of nitrogens with zero attached hydrogens (tertiary/aromatic N) is 2. The number of hydrogen-bond acceptors (Lipinski definition) is 4. The topological polar surface area (TPSA) is 62.3 Å². The summed E-state index contributed by atoms with van der Waals surface area (Å²) in [5.74, 6) is -0.655. The van der Waals surface area contributed by atoms with E-state index in [1.165, 1.54) is 23.5 Å². The predicted octanol–water partition coefficient (Wildman–Crippen LogP) is 3.57. The summed E-state index contributed by atoms with van der Waals surface area (Å²) in [7, 11) is 0. The third kappa shape index (κ3) is 4.91. The van der Waals surface area contributed by atoms with E-state index in [0.29, 0.717) is 18.2 Å². The molecule has 144 valence electrons. The van der Waals surface area contributed by atoms with Crippen LogP contribution in [0, 0.1) is 18.7 Å². The number of aryl methyl sites for hydroxylation is 2. The summed E-state index contributed by atoms with van der Waals surface area (Å²) >= 11 is 1.49. The first kappa shape index (κ1) is 19.5. The van der Waals surface area contributed by atoms with Gasteiger partial charge in [0, 0.05) is 18.0 Å². The molecule has 0 aliphatic carbocycles. The number of halogens is 1. The number of rotatable bonds is 5. The van der Waals surface area contributed by atoms with Crippen LogP contribution < -0.4 is 5.32 Å². The Hall–Kier alpha value is -2.28. The number of carbonyl (C=O) groups excluding carboxylic acids is 2. The minimum absolute atomic E-state index is 0.0301. The predicted molar refractivity (Wildman–Crippen MR) is 104 cm³/mol. The van der Waals surface area contributed by atoms with Crippen molar-refractivity contribution in [3.8, 4) is 0 Å². The highest BCUT2D eigenvalue weighted by Crippen LogP contribution is 2.25. The van der Waals surface area contributed by atoms with Gasteiger partial charge in [0.25, 0.3) is 0 Å². The van der Waals surface area contributed by atoms with Crippen LogP contribution in [0.3, 0.4) is 0 Å². The van der Waals surface area contributed by atoms with Crippen LogP contribution in [-0.4, -0.2) is 34.8 Å². The molecule has 1 unspecified atom stereocenters. The number of likely N-dealkylation sites (tertiary alicyclic amines) is 1. The highest BCUT2D eigenvalue weighted by molar-refractivity contribution is 7.15. The minimum Gasteiger partial charge on any atom is -0.342 e. The monoisotopic (exact) mass is 389 g/mol. The van der Waals surface area contributed by atoms with E-state index in [1.54, 1.807) is 17.0 Å². The molecule has 5 nitrogen and oxygen atoms in total. The van der Waals surface area contributed by atoms with E-state index >= 15 is 0 Å². The Morgan fingerprint density at radius 3 is 2.74 bits per heavy atom. The minimum atomic E-state index is -0.315. The van der Waals surface area contributed by atoms with E-state index in [4.69, 9.17) is 0 Å². The number of benzene rings is 1. The lowest BCUT2D eigenvalue weighted by Crippen LogP contribution is -2.44. The Bertz CT molecular complexity index is 819. The highest BCUT2D eigenvalue weighted by Gasteiger charge is 2.29. The molecule has 1 fully saturated rings. The van der Waals surface area contributed by atoms with Gasteiger partial charge >= 0.3 is 0 Å². The average Bonchev–Trinajstić information content (AvgIpc) is 3.02. The number of piperidine rings is 1. The van der Waals surface area contributed by atoms with Crippen LogP contribution in [0.2, 0.25) is 0 Å². The van der Waals surface area contributed by atoms with Crippen LogP contribution >= 0.6 is 11.3 Å². The summed E-state index contributed by atoms with van der Waals surface area (Å²) in [6, 6.07) is 5.96. The average molecular weight is 389 g/mol. The molecular weight excluding hydrogens is 365 g/mol. The zero-order valence-corrected chi connectivity index (χ0v) is 16.4. The van der Waals surface area contributed by atoms with Gasteiger partial charge in [0.1, 0.15) is 5.82 Å². The molecule has 1 aromatic carbocycles. The van der Waals surface area contributed by atoms with Gasteiger partial charge in [-0.25, -0.2) is 9.37 Å². The second-order valence-electron chi connectivity index (χ2n) is 6.85. The van der Waals surface area contributed by atoms with E-state index in [9.17, 15) is 14.0 Å². The van der Waals surface area contributed by atoms with Gasteiger partial charge in [-0.1, -0.05) is 19.1 Å². The first-order valence-electron chi connectivity index (χ1n) is 9.25. The first-order valence-corrected chi connectivity index (χ1v) is 10.1. The molecular formula is C20H24FN3O2S. The van der Waals surface area contributed by atoms with Crippen LogP contribution in [0.5, 0.6) is 0 Å². The molecule has 1 aliphatic heterocycles. The number of thiazole rings is 1. The van der Waals surface area contributed by atoms with E-state index < -0.39 is 0 Å². The number of hydrogen-bond donors (Lipinski definition) is 1. The number of carbonyl (C=O) groups is 2. The van der Waals surface area contributed by atoms with Crippen molar-refractivity contribution in [3.05, 3.63) is 46.2 Å². The smallest absolute Gasteiger partial charge is 0.231 e. The van der Waals surface area contributed by atoms with Gasteiger partial charge in [-0.3, -0.25) is 9.59 Å². The fourth-order valence-corrected chi connectivity index (χ4v) is 4.23. The second kappa shape index (κ2) is 8.61. The molecule has 0 bridgehead atoms. The summed E-state index contributed by atoms with van der Waals surface area (Å²) < 4.78 is 13.0. The summed E-state index contributed by atoms with van der Waals surface area (Å²) in [4.78, 5) is 32.5. The Labute approximate surface area is 162 Å². The fourth-order valence-electron chi connectivity index (χ4n) is 3.32. The van der Waals surface area contributed by atoms with Crippen LogP contribution in [0.4, 0.5) is 9.52 Å². The summed E-state index contributed by atoms with van der Waals surface area (Å²) in [6.45, 7) is 5.11. The van der Waals surface area contributed by atoms with Gasteiger partial charge in [0.2, 0.25) is 11.8 Å². The Kier molecular flexibility index (Phi) is 6.21. The van der Waals surface area contributed by atoms with E-state index in [0.717, 1.165) is 35.4 Å². The van der Waals surface area contributed by atoms with Crippen LogP contribution in [0.15, 0.2) is 24.3 Å². The molecule has 0 radical (unpaired) electrons. The lowest BCUT2D eigenvalue weighted by molar-refractivity contribution is -0.133. The van der Waals surface area contributed by atoms with Crippen molar-refractivity contribution in [2.45, 2.75) is 39.5 Å². The summed E-state index contributed by atoms with van der Waals surface area (Å²) in [5.41, 5.74) is 1.79. The largest absolute Gasteiger partial charge is 0.342 e. The quantitative estimate of drug-likeness (QED) is 0.850. The summed E-state index contributed by atoms with van der Waals surface area (Å²) in [6.07, 6.45) is 2.62. The number of amides is 2. The molecule has 1 saturated heterocycles. The number of aromatic nitrogens is 1. The lowest BCUT2D eigenvalue weighted by atomic mass is 9.96. The van der Waals surface area contributed by atoms with Crippen LogP contribution in [-0.2, 0) is 22.4 Å². The molecule has 1 aliphatic rings. The standard InChI is InChI=1S/C20H24FN3O2S/c1-3-17-13(2)27-20(22-17)23-19(26)15-5-4-10-24(12-15)18(25)11-14-6-8-16(21)9-7-14/h6-9,15H,3-5,10-12H2,1-2H3,(H,22,23,26). The van der Waals surface area contributed by atoms with E-state index in [-0.39, 0.29) is 30.0 Å². The first-order chi connectivity index (χ1) is 13.0. The maximum Gasteiger partial charge on any atom is 0.231 e. The molecule has 1 aromatic heterocycles. The Balaban J connectivity index is 1.58. The number of anilines is 1. The third-order valence-corrected chi connectivity index (χ3v) is 5.80. The molecule has 2 amide bonds. The van der Waals surface area contributed by atoms with Crippen molar-refractivity contribution in [1.82, 2.24) is 9.88 Å². The van der Waals surface area contributed by atoms with Crippen LogP contribution in [0.25, 0.3) is 0 Å². The lowest BCUT2D eigenvalue weighted by Gasteiger charge is -2.32. The number of nitrogens with one attached hydrogen (secondary N) is 1. The van der Waals surface area contributed by atoms with Crippen molar-refractivity contribution >= 4 is 28.3 Å². The van der Waals surface area contributed by atoms with Crippen molar-refractivity contribution in [3.63, 3.8) is 0 Å². The zero-order chi connectivity index (χ0) is 19.4. The molecule has 27 heavy (non-hydrogen) atoms. The SMILES string of the molecule is CCc1nc(NC(=O)C2CCCN(C(=O)Cc3ccc(F)cc3)C2)sc1C. The van der Waals surface area contributed by atoms with Crippen molar-refractivity contribution in [2.24, 2.45) is 5.92 Å². The third-order valence-electron chi connectivity index (χ3n) is 4.87. The van der Waals surface area contributed by atoms with Gasteiger partial charge in [-0.05, 0) is 43.9 Å².